The summed E-state index contributed by atoms with van der Waals surface area (Å²) in [5, 5.41) is 1.73. The number of aromatic nitrogens is 1. The minimum atomic E-state index is 0.300. The smallest absolute Gasteiger partial charge is 0.129 e. The molecule has 0 aliphatic carbocycles. The first-order valence-electron chi connectivity index (χ1n) is 9.53. The molecule has 2 aromatic carbocycles. The molecule has 1 aliphatic rings. The molecule has 0 atom stereocenters. The van der Waals surface area contributed by atoms with Crippen LogP contribution in [0.3, 0.4) is 0 Å². The topological polar surface area (TPSA) is 50.1 Å². The molecule has 1 saturated heterocycles. The molecular formula is C23H23ClN4O. The maximum atomic E-state index is 6.32. The summed E-state index contributed by atoms with van der Waals surface area (Å²) in [7, 11) is 5.31. The molecule has 1 aliphatic heterocycles. The number of methoxy groups -OCH3 is 1. The second kappa shape index (κ2) is 8.21. The van der Waals surface area contributed by atoms with Crippen LogP contribution in [0, 0.1) is 5.92 Å². The molecule has 1 fully saturated rings. The number of nitrogens with zero attached hydrogens (tertiary/aromatic N) is 4. The summed E-state index contributed by atoms with van der Waals surface area (Å²) in [6.07, 6.45) is 0. The van der Waals surface area contributed by atoms with E-state index in [1.165, 1.54) is 0 Å². The van der Waals surface area contributed by atoms with Gasteiger partial charge in [-0.05, 0) is 30.3 Å². The van der Waals surface area contributed by atoms with Gasteiger partial charge in [0.05, 0.1) is 29.1 Å². The number of pyridine rings is 1. The molecule has 0 saturated carbocycles. The summed E-state index contributed by atoms with van der Waals surface area (Å²) >= 11 is 6.32. The van der Waals surface area contributed by atoms with Crippen molar-refractivity contribution in [3.05, 3.63) is 65.2 Å². The first-order chi connectivity index (χ1) is 14.1. The fraction of sp³-hybridized carbons (Fsp3) is 0.261. The van der Waals surface area contributed by atoms with E-state index in [4.69, 9.17) is 21.3 Å². The van der Waals surface area contributed by atoms with Crippen molar-refractivity contribution in [2.24, 2.45) is 15.9 Å². The highest BCUT2D eigenvalue weighted by atomic mass is 35.5. The first kappa shape index (κ1) is 19.4. The van der Waals surface area contributed by atoms with Gasteiger partial charge in [0.25, 0.3) is 0 Å². The lowest BCUT2D eigenvalue weighted by Gasteiger charge is -2.41. The Bertz CT molecular complexity index is 1100. The highest BCUT2D eigenvalue weighted by molar-refractivity contribution is 6.49. The van der Waals surface area contributed by atoms with Gasteiger partial charge in [0.15, 0.2) is 0 Å². The molecule has 0 amide bonds. The van der Waals surface area contributed by atoms with E-state index < -0.39 is 0 Å². The van der Waals surface area contributed by atoms with Crippen LogP contribution in [0.4, 0.5) is 5.82 Å². The third-order valence-corrected chi connectivity index (χ3v) is 5.60. The number of aliphatic imine (C=N–C) groups is 2. The predicted octanol–water partition coefficient (Wildman–Crippen LogP) is 4.52. The minimum Gasteiger partial charge on any atom is -0.497 e. The Kier molecular flexibility index (Phi) is 5.49. The van der Waals surface area contributed by atoms with Crippen molar-refractivity contribution in [2.75, 3.05) is 39.2 Å². The van der Waals surface area contributed by atoms with Crippen LogP contribution in [0.15, 0.2) is 64.6 Å². The molecule has 3 aromatic rings. The van der Waals surface area contributed by atoms with Crippen LogP contribution in [0.1, 0.15) is 5.56 Å². The normalized spacial score (nSPS) is 15.5. The van der Waals surface area contributed by atoms with Crippen LogP contribution >= 0.6 is 11.6 Å². The zero-order chi connectivity index (χ0) is 20.4. The lowest BCUT2D eigenvalue weighted by atomic mass is 9.88. The van der Waals surface area contributed by atoms with Gasteiger partial charge in [-0.1, -0.05) is 35.9 Å². The summed E-state index contributed by atoms with van der Waals surface area (Å²) in [5.74, 6) is 2.05. The third kappa shape index (κ3) is 3.70. The zero-order valence-corrected chi connectivity index (χ0v) is 17.5. The number of benzene rings is 2. The Morgan fingerprint density at radius 3 is 2.59 bits per heavy atom. The number of hydrogen-bond acceptors (Lipinski definition) is 5. The van der Waals surface area contributed by atoms with Crippen LogP contribution < -0.4 is 9.64 Å². The van der Waals surface area contributed by atoms with Gasteiger partial charge in [0.2, 0.25) is 0 Å². The van der Waals surface area contributed by atoms with Gasteiger partial charge in [0.1, 0.15) is 11.6 Å². The lowest BCUT2D eigenvalue weighted by Crippen LogP contribution is -2.52. The molecule has 5 nitrogen and oxygen atoms in total. The number of anilines is 1. The standard InChI is InChI=1S/C23H23ClN4O/c1-25-22(16-7-4-8-18(12-16)29-3)23(26-2)17-13-28(14-17)20-11-10-15-6-5-9-19(24)21(15)27-20/h4-12,17H,13-14H2,1-3H3. The van der Waals surface area contributed by atoms with E-state index in [1.807, 2.05) is 56.6 Å². The number of fused-ring (bicyclic) bond motifs is 1. The SMILES string of the molecule is CN=C(C(=NC)C1CN(c2ccc3cccc(Cl)c3n2)C1)c1cccc(OC)c1. The van der Waals surface area contributed by atoms with E-state index in [2.05, 4.69) is 27.0 Å². The van der Waals surface area contributed by atoms with Gasteiger partial charge in [-0.15, -0.1) is 0 Å². The number of rotatable bonds is 5. The fourth-order valence-corrected chi connectivity index (χ4v) is 3.98. The average molecular weight is 407 g/mol. The lowest BCUT2D eigenvalue weighted by molar-refractivity contribution is 0.414. The number of para-hydroxylation sites is 1. The Morgan fingerprint density at radius 1 is 1.07 bits per heavy atom. The second-order valence-corrected chi connectivity index (χ2v) is 7.40. The van der Waals surface area contributed by atoms with E-state index in [0.29, 0.717) is 10.9 Å². The summed E-state index contributed by atoms with van der Waals surface area (Å²) in [6.45, 7) is 1.69. The zero-order valence-electron chi connectivity index (χ0n) is 16.8. The van der Waals surface area contributed by atoms with Crippen LogP contribution in [0.5, 0.6) is 5.75 Å². The van der Waals surface area contributed by atoms with Gasteiger partial charge >= 0.3 is 0 Å². The summed E-state index contributed by atoms with van der Waals surface area (Å²) in [4.78, 5) is 16.1. The van der Waals surface area contributed by atoms with Crippen LogP contribution in [-0.2, 0) is 0 Å². The summed E-state index contributed by atoms with van der Waals surface area (Å²) < 4.78 is 5.36. The van der Waals surface area contributed by atoms with Gasteiger partial charge in [-0.2, -0.15) is 0 Å². The van der Waals surface area contributed by atoms with Gasteiger partial charge < -0.3 is 9.64 Å². The Hall–Kier alpha value is -2.92. The van der Waals surface area contributed by atoms with Crippen LogP contribution in [0.2, 0.25) is 5.02 Å². The fourth-order valence-electron chi connectivity index (χ4n) is 3.76. The Balaban J connectivity index is 1.54. The molecule has 0 N–H and O–H groups in total. The summed E-state index contributed by atoms with van der Waals surface area (Å²) in [5.41, 5.74) is 3.77. The molecule has 4 rings (SSSR count). The van der Waals surface area contributed by atoms with Gasteiger partial charge in [0, 0.05) is 44.1 Å². The van der Waals surface area contributed by atoms with Crippen LogP contribution in [0.25, 0.3) is 10.9 Å². The maximum absolute atomic E-state index is 6.32. The van der Waals surface area contributed by atoms with E-state index in [1.54, 1.807) is 7.11 Å². The highest BCUT2D eigenvalue weighted by Gasteiger charge is 2.34. The monoisotopic (exact) mass is 406 g/mol. The highest BCUT2D eigenvalue weighted by Crippen LogP contribution is 2.29. The average Bonchev–Trinajstić information content (AvgIpc) is 2.72. The molecule has 0 spiro atoms. The number of ether oxygens (including phenoxy) is 1. The minimum absolute atomic E-state index is 0.300. The van der Waals surface area contributed by atoms with Crippen molar-refractivity contribution in [1.29, 1.82) is 0 Å². The second-order valence-electron chi connectivity index (χ2n) is 7.00. The van der Waals surface area contributed by atoms with E-state index in [9.17, 15) is 0 Å². The van der Waals surface area contributed by atoms with Crippen LogP contribution in [-0.4, -0.2) is 50.7 Å². The summed E-state index contributed by atoms with van der Waals surface area (Å²) in [6, 6.07) is 17.9. The van der Waals surface area contributed by atoms with E-state index in [-0.39, 0.29) is 0 Å². The molecule has 0 unspecified atom stereocenters. The molecular weight excluding hydrogens is 384 g/mol. The van der Waals surface area contributed by atoms with Crippen molar-refractivity contribution in [2.45, 2.75) is 0 Å². The largest absolute Gasteiger partial charge is 0.497 e. The molecule has 1 aromatic heterocycles. The van der Waals surface area contributed by atoms with Crippen molar-refractivity contribution in [1.82, 2.24) is 4.98 Å². The molecule has 6 heteroatoms. The molecule has 0 bridgehead atoms. The number of halogens is 1. The van der Waals surface area contributed by atoms with Crippen molar-refractivity contribution in [3.63, 3.8) is 0 Å². The molecule has 29 heavy (non-hydrogen) atoms. The Labute approximate surface area is 175 Å². The first-order valence-corrected chi connectivity index (χ1v) is 9.91. The van der Waals surface area contributed by atoms with E-state index in [0.717, 1.165) is 52.5 Å². The molecule has 2 heterocycles. The maximum Gasteiger partial charge on any atom is 0.129 e. The quantitative estimate of drug-likeness (QED) is 0.585. The van der Waals surface area contributed by atoms with Crippen molar-refractivity contribution < 1.29 is 4.74 Å². The Morgan fingerprint density at radius 2 is 1.86 bits per heavy atom. The molecule has 0 radical (unpaired) electrons. The van der Waals surface area contributed by atoms with Gasteiger partial charge in [-0.3, -0.25) is 9.98 Å². The van der Waals surface area contributed by atoms with Crippen molar-refractivity contribution >= 4 is 39.7 Å². The predicted molar refractivity (Wildman–Crippen MR) is 121 cm³/mol. The number of hydrogen-bond donors (Lipinski definition) is 0. The van der Waals surface area contributed by atoms with E-state index >= 15 is 0 Å². The van der Waals surface area contributed by atoms with Gasteiger partial charge in [-0.25, -0.2) is 4.98 Å². The van der Waals surface area contributed by atoms with Crippen molar-refractivity contribution in [3.8, 4) is 5.75 Å². The third-order valence-electron chi connectivity index (χ3n) is 5.30. The molecule has 148 valence electrons.